The molecule has 3 nitrogen and oxygen atoms in total. The Hall–Kier alpha value is 0.420. The molecule has 0 aromatic heterocycles. The van der Waals surface area contributed by atoms with Gasteiger partial charge in [0, 0.05) is 35.7 Å². The molecule has 2 aliphatic rings. The van der Waals surface area contributed by atoms with E-state index in [1.54, 1.807) is 0 Å². The van der Waals surface area contributed by atoms with Crippen molar-refractivity contribution in [2.75, 3.05) is 30.5 Å². The first kappa shape index (κ1) is 13.5. The summed E-state index contributed by atoms with van der Waals surface area (Å²) in [5, 5.41) is 3.83. The fraction of sp³-hybridized carbons (Fsp3) is 0.889. The second kappa shape index (κ2) is 6.23. The summed E-state index contributed by atoms with van der Waals surface area (Å²) in [7, 11) is 0. The van der Waals surface area contributed by atoms with Crippen molar-refractivity contribution in [2.24, 2.45) is 0 Å². The summed E-state index contributed by atoms with van der Waals surface area (Å²) in [5.41, 5.74) is 0. The Morgan fingerprint density at radius 1 is 1.53 bits per heavy atom. The molecule has 2 atom stereocenters. The topological polar surface area (TPSA) is 32.3 Å². The van der Waals surface area contributed by atoms with Crippen LogP contribution in [0.1, 0.15) is 6.92 Å². The van der Waals surface area contributed by atoms with Gasteiger partial charge in [-0.05, 0) is 0 Å². The largest absolute Gasteiger partial charge is 0.339 e. The fourth-order valence-electron chi connectivity index (χ4n) is 1.79. The van der Waals surface area contributed by atoms with Crippen molar-refractivity contribution < 1.29 is 4.79 Å². The van der Waals surface area contributed by atoms with Crippen LogP contribution in [0.25, 0.3) is 0 Å². The Morgan fingerprint density at radius 2 is 2.33 bits per heavy atom. The lowest BCUT2D eigenvalue weighted by Gasteiger charge is -2.32. The first-order valence-corrected chi connectivity index (χ1v) is 7.19. The van der Waals surface area contributed by atoms with Gasteiger partial charge in [-0.3, -0.25) is 10.1 Å². The zero-order valence-electron chi connectivity index (χ0n) is 8.77. The Morgan fingerprint density at radius 3 is 2.93 bits per heavy atom. The molecule has 0 saturated carbocycles. The predicted molar refractivity (Wildman–Crippen MR) is 70.0 cm³/mol. The average molecular weight is 269 g/mol. The molecule has 0 spiro atoms. The van der Waals surface area contributed by atoms with Crippen molar-refractivity contribution in [3.05, 3.63) is 0 Å². The van der Waals surface area contributed by atoms with E-state index in [2.05, 4.69) is 12.2 Å². The molecule has 0 radical (unpaired) electrons. The van der Waals surface area contributed by atoms with Crippen LogP contribution >= 0.6 is 35.9 Å². The summed E-state index contributed by atoms with van der Waals surface area (Å²) >= 11 is 3.77. The van der Waals surface area contributed by atoms with Crippen molar-refractivity contribution in [2.45, 2.75) is 18.2 Å². The van der Waals surface area contributed by atoms with Crippen LogP contribution < -0.4 is 5.32 Å². The van der Waals surface area contributed by atoms with E-state index in [4.69, 9.17) is 0 Å². The molecule has 0 aromatic carbocycles. The molecule has 1 amide bonds. The van der Waals surface area contributed by atoms with Crippen LogP contribution in [0, 0.1) is 0 Å². The highest BCUT2D eigenvalue weighted by atomic mass is 35.5. The normalized spacial score (nSPS) is 31.1. The Balaban J connectivity index is 0.00000112. The van der Waals surface area contributed by atoms with E-state index in [1.807, 2.05) is 28.4 Å². The maximum Gasteiger partial charge on any atom is 0.240 e. The molecule has 0 bridgehead atoms. The van der Waals surface area contributed by atoms with Crippen LogP contribution in [-0.2, 0) is 4.79 Å². The van der Waals surface area contributed by atoms with E-state index in [-0.39, 0.29) is 18.4 Å². The third-order valence-electron chi connectivity index (χ3n) is 2.57. The lowest BCUT2D eigenvalue weighted by atomic mass is 10.2. The molecule has 2 aliphatic heterocycles. The monoisotopic (exact) mass is 268 g/mol. The van der Waals surface area contributed by atoms with Crippen LogP contribution in [0.4, 0.5) is 0 Å². The molecular weight excluding hydrogens is 252 g/mol. The average Bonchev–Trinajstić information content (AvgIpc) is 2.69. The number of amides is 1. The molecule has 1 N–H and O–H groups in total. The molecule has 2 rings (SSSR count). The molecule has 0 aliphatic carbocycles. The molecule has 88 valence electrons. The third-order valence-corrected chi connectivity index (χ3v) is 4.64. The minimum Gasteiger partial charge on any atom is -0.339 e. The van der Waals surface area contributed by atoms with Gasteiger partial charge in [-0.25, -0.2) is 0 Å². The molecule has 2 fully saturated rings. The van der Waals surface area contributed by atoms with Gasteiger partial charge in [-0.2, -0.15) is 11.8 Å². The van der Waals surface area contributed by atoms with Crippen LogP contribution in [0.2, 0.25) is 0 Å². The summed E-state index contributed by atoms with van der Waals surface area (Å²) < 4.78 is 0. The summed E-state index contributed by atoms with van der Waals surface area (Å²) in [6.45, 7) is 4.05. The van der Waals surface area contributed by atoms with Crippen molar-refractivity contribution in [3.63, 3.8) is 0 Å². The van der Waals surface area contributed by atoms with Crippen molar-refractivity contribution in [3.8, 4) is 0 Å². The number of thioether (sulfide) groups is 2. The molecular formula is C9H17ClN2OS2. The number of nitrogens with one attached hydrogen (secondary N) is 1. The number of rotatable bonds is 1. The summed E-state index contributed by atoms with van der Waals surface area (Å²) in [4.78, 5) is 14.0. The molecule has 6 heteroatoms. The number of halogens is 1. The van der Waals surface area contributed by atoms with Gasteiger partial charge in [-0.15, -0.1) is 24.2 Å². The van der Waals surface area contributed by atoms with Crippen LogP contribution in [-0.4, -0.2) is 52.6 Å². The van der Waals surface area contributed by atoms with Crippen LogP contribution in [0.5, 0.6) is 0 Å². The van der Waals surface area contributed by atoms with Crippen LogP contribution in [0.3, 0.4) is 0 Å². The number of hydrogen-bond acceptors (Lipinski definition) is 4. The number of carbonyl (C=O) groups excluding carboxylic acids is 1. The second-order valence-corrected chi connectivity index (χ2v) is 6.31. The Bertz CT molecular complexity index is 224. The minimum atomic E-state index is 0. The van der Waals surface area contributed by atoms with E-state index in [0.717, 1.165) is 30.5 Å². The fourth-order valence-corrected chi connectivity index (χ4v) is 3.74. The molecule has 1 unspecified atom stereocenters. The summed E-state index contributed by atoms with van der Waals surface area (Å²) in [6, 6.07) is 0.0790. The van der Waals surface area contributed by atoms with Gasteiger partial charge in [0.1, 0.15) is 0 Å². The van der Waals surface area contributed by atoms with E-state index < -0.39 is 0 Å². The molecule has 0 aromatic rings. The Kier molecular flexibility index (Phi) is 5.60. The highest BCUT2D eigenvalue weighted by Crippen LogP contribution is 2.20. The van der Waals surface area contributed by atoms with E-state index in [9.17, 15) is 4.79 Å². The van der Waals surface area contributed by atoms with Gasteiger partial charge in [-0.1, -0.05) is 6.92 Å². The first-order chi connectivity index (χ1) is 6.77. The van der Waals surface area contributed by atoms with Gasteiger partial charge in [0.15, 0.2) is 0 Å². The molecule has 2 saturated heterocycles. The van der Waals surface area contributed by atoms with Gasteiger partial charge in [0.2, 0.25) is 5.91 Å². The summed E-state index contributed by atoms with van der Waals surface area (Å²) in [6.07, 6.45) is 0. The highest BCUT2D eigenvalue weighted by molar-refractivity contribution is 8.00. The predicted octanol–water partition coefficient (Wildman–Crippen LogP) is 1.03. The minimum absolute atomic E-state index is 0. The quantitative estimate of drug-likeness (QED) is 0.770. The Labute approximate surface area is 106 Å². The second-order valence-electron chi connectivity index (χ2n) is 3.74. The van der Waals surface area contributed by atoms with Gasteiger partial charge < -0.3 is 4.90 Å². The van der Waals surface area contributed by atoms with Gasteiger partial charge >= 0.3 is 0 Å². The smallest absolute Gasteiger partial charge is 0.240 e. The van der Waals surface area contributed by atoms with E-state index >= 15 is 0 Å². The zero-order chi connectivity index (χ0) is 9.97. The van der Waals surface area contributed by atoms with Crippen molar-refractivity contribution >= 4 is 41.8 Å². The lowest BCUT2D eigenvalue weighted by molar-refractivity contribution is -0.132. The molecule has 2 heterocycles. The SMILES string of the molecule is CC1CN(C(=O)[C@H]2CSCN2)CCS1.Cl. The molecule has 15 heavy (non-hydrogen) atoms. The summed E-state index contributed by atoms with van der Waals surface area (Å²) in [5.74, 6) is 3.26. The number of carbonyl (C=O) groups is 1. The van der Waals surface area contributed by atoms with E-state index in [1.165, 1.54) is 0 Å². The highest BCUT2D eigenvalue weighted by Gasteiger charge is 2.29. The number of hydrogen-bond donors (Lipinski definition) is 1. The zero-order valence-corrected chi connectivity index (χ0v) is 11.2. The maximum atomic E-state index is 12.0. The maximum absolute atomic E-state index is 12.0. The number of nitrogens with zero attached hydrogens (tertiary/aromatic N) is 1. The third kappa shape index (κ3) is 3.44. The lowest BCUT2D eigenvalue weighted by Crippen LogP contribution is -2.49. The first-order valence-electron chi connectivity index (χ1n) is 4.99. The van der Waals surface area contributed by atoms with Crippen molar-refractivity contribution in [1.82, 2.24) is 10.2 Å². The van der Waals surface area contributed by atoms with Crippen LogP contribution in [0.15, 0.2) is 0 Å². The van der Waals surface area contributed by atoms with E-state index in [0.29, 0.717) is 11.2 Å². The van der Waals surface area contributed by atoms with Crippen molar-refractivity contribution in [1.29, 1.82) is 0 Å². The van der Waals surface area contributed by atoms with Gasteiger partial charge in [0.05, 0.1) is 6.04 Å². The van der Waals surface area contributed by atoms with Gasteiger partial charge in [0.25, 0.3) is 0 Å². The standard InChI is InChI=1S/C9H16N2OS2.ClH/c1-7-4-11(2-3-14-7)9(12)8-5-13-6-10-8;/h7-8,10H,2-6H2,1H3;1H/t7?,8-;/m1./s1.